The van der Waals surface area contributed by atoms with Gasteiger partial charge in [0, 0.05) is 19.8 Å². The number of primary amides is 2. The Kier molecular flexibility index (Phi) is 11.7. The number of hydrogen-bond donors (Lipinski definition) is 4. The molecule has 0 saturated carbocycles. The molecule has 0 radical (unpaired) electrons. The molecule has 0 aliphatic carbocycles. The van der Waals surface area contributed by atoms with Crippen molar-refractivity contribution in [2.75, 3.05) is 19.8 Å². The van der Waals surface area contributed by atoms with Gasteiger partial charge < -0.3 is 36.3 Å². The summed E-state index contributed by atoms with van der Waals surface area (Å²) in [5, 5.41) is 5.20. The maximum absolute atomic E-state index is 12.7. The van der Waals surface area contributed by atoms with Crippen molar-refractivity contribution in [1.29, 1.82) is 0 Å². The molecule has 1 fully saturated rings. The third-order valence-electron chi connectivity index (χ3n) is 5.50. The SMILES string of the molecule is NC(=O)O[C@@H](CC1CCOCC1)C(=O)N[C@@H](CCCCNC(=O)OCc1ccccc1)C(N)=O. The van der Waals surface area contributed by atoms with E-state index in [1.165, 1.54) is 0 Å². The number of carbonyl (C=O) groups excluding carboxylic acids is 4. The smallest absolute Gasteiger partial charge is 0.407 e. The second-order valence-corrected chi connectivity index (χ2v) is 8.16. The van der Waals surface area contributed by atoms with Crippen LogP contribution in [0.1, 0.15) is 44.1 Å². The number of nitrogens with two attached hydrogens (primary N) is 2. The van der Waals surface area contributed by atoms with Gasteiger partial charge in [-0.25, -0.2) is 9.59 Å². The molecule has 188 valence electrons. The van der Waals surface area contributed by atoms with Crippen LogP contribution in [-0.4, -0.2) is 55.9 Å². The third-order valence-corrected chi connectivity index (χ3v) is 5.50. The Bertz CT molecular complexity index is 800. The van der Waals surface area contributed by atoms with Crippen LogP contribution in [0.5, 0.6) is 0 Å². The normalized spacial score (nSPS) is 15.5. The molecule has 11 heteroatoms. The Morgan fingerprint density at radius 3 is 2.41 bits per heavy atom. The van der Waals surface area contributed by atoms with E-state index in [9.17, 15) is 19.2 Å². The highest BCUT2D eigenvalue weighted by atomic mass is 16.6. The van der Waals surface area contributed by atoms with Gasteiger partial charge in [0.25, 0.3) is 5.91 Å². The molecule has 2 atom stereocenters. The van der Waals surface area contributed by atoms with Gasteiger partial charge >= 0.3 is 12.2 Å². The Morgan fingerprint density at radius 1 is 1.06 bits per heavy atom. The number of hydrogen-bond acceptors (Lipinski definition) is 7. The molecular weight excluding hydrogens is 444 g/mol. The first-order valence-corrected chi connectivity index (χ1v) is 11.4. The van der Waals surface area contributed by atoms with Crippen molar-refractivity contribution >= 4 is 24.0 Å². The first kappa shape index (κ1) is 26.9. The van der Waals surface area contributed by atoms with E-state index >= 15 is 0 Å². The van der Waals surface area contributed by atoms with Crippen molar-refractivity contribution in [2.24, 2.45) is 17.4 Å². The first-order chi connectivity index (χ1) is 16.3. The maximum Gasteiger partial charge on any atom is 0.407 e. The molecule has 1 aliphatic rings. The zero-order chi connectivity index (χ0) is 24.8. The molecule has 1 heterocycles. The van der Waals surface area contributed by atoms with E-state index in [2.05, 4.69) is 10.6 Å². The second kappa shape index (κ2) is 14.7. The summed E-state index contributed by atoms with van der Waals surface area (Å²) >= 11 is 0. The minimum Gasteiger partial charge on any atom is -0.445 e. The Balaban J connectivity index is 1.72. The van der Waals surface area contributed by atoms with Crippen molar-refractivity contribution in [1.82, 2.24) is 10.6 Å². The lowest BCUT2D eigenvalue weighted by atomic mass is 9.93. The van der Waals surface area contributed by atoms with Crippen LogP contribution in [0.2, 0.25) is 0 Å². The van der Waals surface area contributed by atoms with Crippen molar-refractivity contribution in [3.8, 4) is 0 Å². The van der Waals surface area contributed by atoms with Crippen molar-refractivity contribution in [3.05, 3.63) is 35.9 Å². The van der Waals surface area contributed by atoms with Gasteiger partial charge in [-0.05, 0) is 50.0 Å². The van der Waals surface area contributed by atoms with E-state index < -0.39 is 36.1 Å². The molecular formula is C23H34N4O7. The van der Waals surface area contributed by atoms with Crippen LogP contribution >= 0.6 is 0 Å². The van der Waals surface area contributed by atoms with Crippen LogP contribution < -0.4 is 22.1 Å². The van der Waals surface area contributed by atoms with E-state index in [1.54, 1.807) is 0 Å². The van der Waals surface area contributed by atoms with Crippen molar-refractivity contribution in [2.45, 2.75) is 57.3 Å². The molecule has 0 spiro atoms. The van der Waals surface area contributed by atoms with Crippen LogP contribution in [0.15, 0.2) is 30.3 Å². The highest BCUT2D eigenvalue weighted by Gasteiger charge is 2.30. The number of carbonyl (C=O) groups is 4. The average molecular weight is 479 g/mol. The number of unbranched alkanes of at least 4 members (excludes halogenated alkanes) is 1. The minimum atomic E-state index is -1.11. The zero-order valence-electron chi connectivity index (χ0n) is 19.2. The summed E-state index contributed by atoms with van der Waals surface area (Å²) in [5.41, 5.74) is 11.4. The van der Waals surface area contributed by atoms with E-state index in [4.69, 9.17) is 25.7 Å². The van der Waals surface area contributed by atoms with Crippen LogP contribution in [0.25, 0.3) is 0 Å². The Morgan fingerprint density at radius 2 is 1.76 bits per heavy atom. The molecule has 34 heavy (non-hydrogen) atoms. The van der Waals surface area contributed by atoms with Crippen LogP contribution in [-0.2, 0) is 30.4 Å². The summed E-state index contributed by atoms with van der Waals surface area (Å²) in [7, 11) is 0. The molecule has 11 nitrogen and oxygen atoms in total. The van der Waals surface area contributed by atoms with Gasteiger partial charge in [-0.1, -0.05) is 30.3 Å². The standard InChI is InChI=1S/C23H34N4O7/c24-20(28)18(8-4-5-11-26-23(31)33-15-17-6-2-1-3-7-17)27-21(29)19(34-22(25)30)14-16-9-12-32-13-10-16/h1-3,6-7,16,18-19H,4-5,8-15H2,(H2,24,28)(H2,25,30)(H,26,31)(H,27,29)/t18-,19-/m0/s1. The monoisotopic (exact) mass is 478 g/mol. The molecule has 1 aromatic carbocycles. The summed E-state index contributed by atoms with van der Waals surface area (Å²) in [4.78, 5) is 47.5. The van der Waals surface area contributed by atoms with Crippen molar-refractivity contribution < 1.29 is 33.4 Å². The first-order valence-electron chi connectivity index (χ1n) is 11.4. The summed E-state index contributed by atoms with van der Waals surface area (Å²) in [6.45, 7) is 1.66. The molecule has 4 amide bonds. The fourth-order valence-electron chi connectivity index (χ4n) is 3.62. The van der Waals surface area contributed by atoms with Gasteiger partial charge in [-0.15, -0.1) is 0 Å². The molecule has 0 aromatic heterocycles. The lowest BCUT2D eigenvalue weighted by Crippen LogP contribution is -2.49. The summed E-state index contributed by atoms with van der Waals surface area (Å²) in [5.74, 6) is -1.17. The number of benzene rings is 1. The van der Waals surface area contributed by atoms with E-state index in [0.29, 0.717) is 39.0 Å². The van der Waals surface area contributed by atoms with Crippen LogP contribution in [0.4, 0.5) is 9.59 Å². The average Bonchev–Trinajstić information content (AvgIpc) is 2.82. The number of nitrogens with one attached hydrogen (secondary N) is 2. The lowest BCUT2D eigenvalue weighted by molar-refractivity contribution is -0.134. The van der Waals surface area contributed by atoms with Gasteiger partial charge in [0.2, 0.25) is 5.91 Å². The number of alkyl carbamates (subject to hydrolysis) is 1. The van der Waals surface area contributed by atoms with E-state index in [0.717, 1.165) is 18.4 Å². The third kappa shape index (κ3) is 10.5. The number of amides is 4. The van der Waals surface area contributed by atoms with E-state index in [1.807, 2.05) is 30.3 Å². The number of rotatable bonds is 13. The molecule has 1 aliphatic heterocycles. The predicted molar refractivity (Wildman–Crippen MR) is 122 cm³/mol. The fraction of sp³-hybridized carbons (Fsp3) is 0.565. The topological polar surface area (TPSA) is 172 Å². The zero-order valence-corrected chi connectivity index (χ0v) is 19.2. The summed E-state index contributed by atoms with van der Waals surface area (Å²) < 4.78 is 15.4. The highest BCUT2D eigenvalue weighted by molar-refractivity contribution is 5.89. The van der Waals surface area contributed by atoms with Crippen molar-refractivity contribution in [3.63, 3.8) is 0 Å². The molecule has 2 rings (SSSR count). The quantitative estimate of drug-likeness (QED) is 0.310. The van der Waals surface area contributed by atoms with Gasteiger partial charge in [-0.3, -0.25) is 9.59 Å². The number of ether oxygens (including phenoxy) is 3. The highest BCUT2D eigenvalue weighted by Crippen LogP contribution is 2.22. The minimum absolute atomic E-state index is 0.142. The Hall–Kier alpha value is -3.34. The molecule has 1 saturated heterocycles. The maximum atomic E-state index is 12.7. The van der Waals surface area contributed by atoms with Gasteiger partial charge in [0.05, 0.1) is 0 Å². The molecule has 0 bridgehead atoms. The molecule has 1 aromatic rings. The van der Waals surface area contributed by atoms with Gasteiger partial charge in [0.1, 0.15) is 12.6 Å². The summed E-state index contributed by atoms with van der Waals surface area (Å²) in [6, 6.07) is 8.37. The Labute approximate surface area is 198 Å². The molecule has 0 unspecified atom stereocenters. The largest absolute Gasteiger partial charge is 0.445 e. The molecule has 6 N–H and O–H groups in total. The second-order valence-electron chi connectivity index (χ2n) is 8.16. The summed E-state index contributed by atoms with van der Waals surface area (Å²) in [6.07, 6.45) is 0.385. The van der Waals surface area contributed by atoms with Crippen LogP contribution in [0, 0.1) is 5.92 Å². The van der Waals surface area contributed by atoms with Gasteiger partial charge in [0.15, 0.2) is 6.10 Å². The predicted octanol–water partition coefficient (Wildman–Crippen LogP) is 1.33. The fourth-order valence-corrected chi connectivity index (χ4v) is 3.62. The lowest BCUT2D eigenvalue weighted by Gasteiger charge is -2.26. The van der Waals surface area contributed by atoms with E-state index in [-0.39, 0.29) is 18.9 Å². The van der Waals surface area contributed by atoms with Gasteiger partial charge in [-0.2, -0.15) is 0 Å². The van der Waals surface area contributed by atoms with Crippen LogP contribution in [0.3, 0.4) is 0 Å².